The summed E-state index contributed by atoms with van der Waals surface area (Å²) in [6.07, 6.45) is 5.87. The summed E-state index contributed by atoms with van der Waals surface area (Å²) in [7, 11) is 0. The van der Waals surface area contributed by atoms with Crippen LogP contribution in [0.25, 0.3) is 0 Å². The first-order valence-corrected chi connectivity index (χ1v) is 7.24. The largest absolute Gasteiger partial charge is 0.468 e. The van der Waals surface area contributed by atoms with Crippen molar-refractivity contribution in [2.75, 3.05) is 0 Å². The lowest BCUT2D eigenvalue weighted by Crippen LogP contribution is -2.45. The fourth-order valence-electron chi connectivity index (χ4n) is 4.38. The van der Waals surface area contributed by atoms with Crippen molar-refractivity contribution >= 4 is 0 Å². The number of hydrogen-bond donors (Lipinski definition) is 1. The molecule has 2 aliphatic carbocycles. The molecule has 2 nitrogen and oxygen atoms in total. The van der Waals surface area contributed by atoms with Gasteiger partial charge in [0.1, 0.15) is 5.76 Å². The summed E-state index contributed by atoms with van der Waals surface area (Å²) >= 11 is 0. The molecule has 4 atom stereocenters. The van der Waals surface area contributed by atoms with Gasteiger partial charge in [0.25, 0.3) is 0 Å². The van der Waals surface area contributed by atoms with Crippen LogP contribution < -0.4 is 5.32 Å². The quantitative estimate of drug-likeness (QED) is 0.868. The molecule has 18 heavy (non-hydrogen) atoms. The van der Waals surface area contributed by atoms with Crippen molar-refractivity contribution < 1.29 is 4.42 Å². The highest BCUT2D eigenvalue weighted by molar-refractivity contribution is 5.14. The Morgan fingerprint density at radius 2 is 2.17 bits per heavy atom. The van der Waals surface area contributed by atoms with Crippen molar-refractivity contribution in [2.24, 2.45) is 16.7 Å². The van der Waals surface area contributed by atoms with Gasteiger partial charge < -0.3 is 9.73 Å². The zero-order valence-corrected chi connectivity index (χ0v) is 12.0. The summed E-state index contributed by atoms with van der Waals surface area (Å²) in [6, 6.07) is 4.99. The number of nitrogens with one attached hydrogen (secondary N) is 1. The standard InChI is InChI=1S/C16H25NO/c1-11(13-6-5-9-18-13)17-14-10-12-7-8-16(14,4)15(12,2)3/h5-6,9,11-12,14,17H,7-8,10H2,1-4H3. The van der Waals surface area contributed by atoms with E-state index in [-0.39, 0.29) is 0 Å². The van der Waals surface area contributed by atoms with E-state index in [9.17, 15) is 0 Å². The van der Waals surface area contributed by atoms with Crippen LogP contribution >= 0.6 is 0 Å². The van der Waals surface area contributed by atoms with E-state index in [1.165, 1.54) is 19.3 Å². The number of rotatable bonds is 3. The molecular weight excluding hydrogens is 222 g/mol. The smallest absolute Gasteiger partial charge is 0.120 e. The molecule has 4 unspecified atom stereocenters. The van der Waals surface area contributed by atoms with E-state index in [4.69, 9.17) is 4.42 Å². The molecule has 3 rings (SSSR count). The maximum absolute atomic E-state index is 5.51. The second kappa shape index (κ2) is 3.86. The van der Waals surface area contributed by atoms with Crippen molar-refractivity contribution in [3.05, 3.63) is 24.2 Å². The molecular formula is C16H25NO. The van der Waals surface area contributed by atoms with E-state index in [2.05, 4.69) is 39.1 Å². The van der Waals surface area contributed by atoms with E-state index in [0.29, 0.717) is 22.9 Å². The topological polar surface area (TPSA) is 25.2 Å². The lowest BCUT2D eigenvalue weighted by molar-refractivity contribution is 0.114. The molecule has 1 N–H and O–H groups in total. The highest BCUT2D eigenvalue weighted by atomic mass is 16.3. The second-order valence-corrected chi connectivity index (χ2v) is 7.07. The molecule has 0 aromatic carbocycles. The van der Waals surface area contributed by atoms with Gasteiger partial charge in [-0.15, -0.1) is 0 Å². The molecule has 2 fully saturated rings. The van der Waals surface area contributed by atoms with E-state index in [1.54, 1.807) is 6.26 Å². The molecule has 100 valence electrons. The molecule has 2 heteroatoms. The Kier molecular flexibility index (Phi) is 2.64. The van der Waals surface area contributed by atoms with Crippen molar-refractivity contribution in [1.29, 1.82) is 0 Å². The van der Waals surface area contributed by atoms with Crippen LogP contribution in [0.4, 0.5) is 0 Å². The normalized spacial score (nSPS) is 39.1. The Balaban J connectivity index is 1.76. The monoisotopic (exact) mass is 247 g/mol. The van der Waals surface area contributed by atoms with Crippen LogP contribution in [0.3, 0.4) is 0 Å². The summed E-state index contributed by atoms with van der Waals surface area (Å²) in [5, 5.41) is 3.82. The van der Waals surface area contributed by atoms with Gasteiger partial charge in [0.2, 0.25) is 0 Å². The average molecular weight is 247 g/mol. The Hall–Kier alpha value is -0.760. The van der Waals surface area contributed by atoms with Gasteiger partial charge in [-0.25, -0.2) is 0 Å². The fraction of sp³-hybridized carbons (Fsp3) is 0.750. The first-order chi connectivity index (χ1) is 8.45. The molecule has 2 bridgehead atoms. The van der Waals surface area contributed by atoms with Crippen molar-refractivity contribution in [3.63, 3.8) is 0 Å². The number of hydrogen-bond acceptors (Lipinski definition) is 2. The van der Waals surface area contributed by atoms with Gasteiger partial charge >= 0.3 is 0 Å². The van der Waals surface area contributed by atoms with Crippen molar-refractivity contribution in [3.8, 4) is 0 Å². The third-order valence-electron chi connectivity index (χ3n) is 6.22. The third kappa shape index (κ3) is 1.51. The van der Waals surface area contributed by atoms with Crippen LogP contribution in [0.1, 0.15) is 58.8 Å². The van der Waals surface area contributed by atoms with Gasteiger partial charge in [0.05, 0.1) is 12.3 Å². The van der Waals surface area contributed by atoms with Crippen LogP contribution in [0, 0.1) is 16.7 Å². The summed E-state index contributed by atoms with van der Waals surface area (Å²) in [4.78, 5) is 0. The summed E-state index contributed by atoms with van der Waals surface area (Å²) in [5.41, 5.74) is 0.923. The van der Waals surface area contributed by atoms with E-state index >= 15 is 0 Å². The lowest BCUT2D eigenvalue weighted by atomic mass is 9.69. The van der Waals surface area contributed by atoms with E-state index < -0.39 is 0 Å². The van der Waals surface area contributed by atoms with E-state index in [0.717, 1.165) is 11.7 Å². The Labute approximate surface area is 110 Å². The molecule has 0 amide bonds. The minimum atomic E-state index is 0.317. The Morgan fingerprint density at radius 1 is 1.39 bits per heavy atom. The first kappa shape index (κ1) is 12.3. The second-order valence-electron chi connectivity index (χ2n) is 7.07. The molecule has 0 aliphatic heterocycles. The maximum atomic E-state index is 5.51. The van der Waals surface area contributed by atoms with Gasteiger partial charge in [-0.1, -0.05) is 20.8 Å². The summed E-state index contributed by atoms with van der Waals surface area (Å²) in [5.74, 6) is 1.95. The fourth-order valence-corrected chi connectivity index (χ4v) is 4.38. The van der Waals surface area contributed by atoms with E-state index in [1.807, 2.05) is 6.07 Å². The zero-order chi connectivity index (χ0) is 13.0. The van der Waals surface area contributed by atoms with Crippen LogP contribution in [0.15, 0.2) is 22.8 Å². The maximum Gasteiger partial charge on any atom is 0.120 e. The summed E-state index contributed by atoms with van der Waals surface area (Å²) in [6.45, 7) is 9.61. The SMILES string of the molecule is CC(NC1CC2CCC1(C)C2(C)C)c1ccco1. The minimum Gasteiger partial charge on any atom is -0.468 e. The molecule has 1 aromatic rings. The van der Waals surface area contributed by atoms with Gasteiger partial charge in [0.15, 0.2) is 0 Å². The number of furan rings is 1. The molecule has 0 saturated heterocycles. The predicted octanol–water partition coefficient (Wildman–Crippen LogP) is 4.15. The molecule has 0 spiro atoms. The minimum absolute atomic E-state index is 0.317. The summed E-state index contributed by atoms with van der Waals surface area (Å²) < 4.78 is 5.51. The van der Waals surface area contributed by atoms with Crippen LogP contribution in [0.2, 0.25) is 0 Å². The predicted molar refractivity (Wildman–Crippen MR) is 73.3 cm³/mol. The third-order valence-corrected chi connectivity index (χ3v) is 6.22. The highest BCUT2D eigenvalue weighted by Gasteiger charge is 2.61. The van der Waals surface area contributed by atoms with Crippen molar-refractivity contribution in [2.45, 2.75) is 59.0 Å². The first-order valence-electron chi connectivity index (χ1n) is 7.24. The van der Waals surface area contributed by atoms with Gasteiger partial charge in [-0.3, -0.25) is 0 Å². The average Bonchev–Trinajstić information content (AvgIpc) is 2.95. The number of fused-ring (bicyclic) bond motifs is 2. The van der Waals surface area contributed by atoms with Gasteiger partial charge in [-0.05, 0) is 55.1 Å². The molecule has 2 aliphatic rings. The van der Waals surface area contributed by atoms with Crippen LogP contribution in [0.5, 0.6) is 0 Å². The van der Waals surface area contributed by atoms with Crippen molar-refractivity contribution in [1.82, 2.24) is 5.32 Å². The molecule has 1 heterocycles. The Bertz CT molecular complexity index is 422. The lowest BCUT2D eigenvalue weighted by Gasteiger charge is -2.40. The highest BCUT2D eigenvalue weighted by Crippen LogP contribution is 2.65. The van der Waals surface area contributed by atoms with Crippen LogP contribution in [-0.2, 0) is 0 Å². The zero-order valence-electron chi connectivity index (χ0n) is 12.0. The van der Waals surface area contributed by atoms with Crippen LogP contribution in [-0.4, -0.2) is 6.04 Å². The van der Waals surface area contributed by atoms with Gasteiger partial charge in [-0.2, -0.15) is 0 Å². The van der Waals surface area contributed by atoms with Gasteiger partial charge in [0, 0.05) is 6.04 Å². The molecule has 2 saturated carbocycles. The molecule has 1 aromatic heterocycles. The molecule has 0 radical (unpaired) electrons. The Morgan fingerprint density at radius 3 is 2.67 bits per heavy atom.